The Morgan fingerprint density at radius 3 is 2.46 bits per heavy atom. The molecule has 0 bridgehead atoms. The highest BCUT2D eigenvalue weighted by Crippen LogP contribution is 2.25. The maximum atomic E-state index is 4.44. The van der Waals surface area contributed by atoms with Crippen LogP contribution in [0.15, 0.2) is 91.4 Å². The first-order valence-corrected chi connectivity index (χ1v) is 8.04. The Morgan fingerprint density at radius 1 is 0.917 bits per heavy atom. The first-order chi connectivity index (χ1) is 11.9. The fourth-order valence-corrected chi connectivity index (χ4v) is 2.52. The monoisotopic (exact) mass is 315 g/mol. The molecule has 0 unspecified atom stereocenters. The summed E-state index contributed by atoms with van der Waals surface area (Å²) in [6.07, 6.45) is 11.9. The number of hydrogen-bond donors (Lipinski definition) is 1. The predicted octanol–water partition coefficient (Wildman–Crippen LogP) is 4.51. The van der Waals surface area contributed by atoms with E-state index in [0.29, 0.717) is 0 Å². The van der Waals surface area contributed by atoms with Gasteiger partial charge in [0, 0.05) is 18.8 Å². The van der Waals surface area contributed by atoms with E-state index in [0.717, 1.165) is 12.1 Å². The molecule has 3 aromatic rings. The Bertz CT molecular complexity index is 829. The molecule has 0 aliphatic rings. The van der Waals surface area contributed by atoms with Crippen LogP contribution in [0.5, 0.6) is 0 Å². The number of nitrogens with zero attached hydrogens (tertiary/aromatic N) is 2. The summed E-state index contributed by atoms with van der Waals surface area (Å²) in [4.78, 5) is 0. The Balaban J connectivity index is 1.76. The van der Waals surface area contributed by atoms with Crippen molar-refractivity contribution in [2.24, 2.45) is 0 Å². The maximum absolute atomic E-state index is 4.44. The van der Waals surface area contributed by atoms with Gasteiger partial charge in [0.15, 0.2) is 0 Å². The van der Waals surface area contributed by atoms with Crippen molar-refractivity contribution >= 4 is 0 Å². The van der Waals surface area contributed by atoms with Crippen molar-refractivity contribution in [3.8, 4) is 22.3 Å². The molecule has 0 spiro atoms. The van der Waals surface area contributed by atoms with Gasteiger partial charge in [0.05, 0.1) is 12.7 Å². The molecule has 0 aliphatic heterocycles. The van der Waals surface area contributed by atoms with Gasteiger partial charge in [-0.3, -0.25) is 4.68 Å². The van der Waals surface area contributed by atoms with Crippen molar-refractivity contribution in [2.45, 2.75) is 6.54 Å². The Hall–Kier alpha value is -3.07. The van der Waals surface area contributed by atoms with Crippen LogP contribution in [-0.4, -0.2) is 16.8 Å². The van der Waals surface area contributed by atoms with Crippen molar-refractivity contribution in [3.05, 3.63) is 91.4 Å². The van der Waals surface area contributed by atoms with Crippen LogP contribution in [-0.2, 0) is 6.54 Å². The molecule has 0 saturated carbocycles. The van der Waals surface area contributed by atoms with Crippen LogP contribution in [0.25, 0.3) is 22.3 Å². The first-order valence-electron chi connectivity index (χ1n) is 8.04. The van der Waals surface area contributed by atoms with Crippen LogP contribution in [0.3, 0.4) is 0 Å². The van der Waals surface area contributed by atoms with E-state index in [1.807, 2.05) is 42.3 Å². The highest BCUT2D eigenvalue weighted by molar-refractivity contribution is 5.72. The quantitative estimate of drug-likeness (QED) is 0.678. The Kier molecular flexibility index (Phi) is 5.25. The highest BCUT2D eigenvalue weighted by atomic mass is 15.3. The minimum atomic E-state index is 0.756. The number of allylic oxidation sites excluding steroid dienone is 3. The molecule has 1 aromatic heterocycles. The summed E-state index contributed by atoms with van der Waals surface area (Å²) in [5.74, 6) is 0. The Labute approximate surface area is 143 Å². The maximum Gasteiger partial charge on any atom is 0.0593 e. The molecule has 3 rings (SSSR count). The standard InChI is InChI=1S/C21H21N3/c1-22-13-6-3-7-14-24-17-21(16-23-24)20-12-8-11-19(15-20)18-9-4-2-5-10-18/h2-13,15-17,22H,14H2,1H3/b7-3-,13-6-. The lowest BCUT2D eigenvalue weighted by Crippen LogP contribution is -1.94. The molecule has 24 heavy (non-hydrogen) atoms. The van der Waals surface area contributed by atoms with Gasteiger partial charge in [-0.2, -0.15) is 5.10 Å². The molecular formula is C21H21N3. The van der Waals surface area contributed by atoms with Crippen molar-refractivity contribution in [3.63, 3.8) is 0 Å². The lowest BCUT2D eigenvalue weighted by Gasteiger charge is -2.04. The average Bonchev–Trinajstić information content (AvgIpc) is 3.11. The first kappa shape index (κ1) is 15.8. The summed E-state index contributed by atoms with van der Waals surface area (Å²) >= 11 is 0. The third-order valence-corrected chi connectivity index (χ3v) is 3.74. The number of hydrogen-bond acceptors (Lipinski definition) is 2. The van der Waals surface area contributed by atoms with E-state index < -0.39 is 0 Å². The molecule has 0 amide bonds. The van der Waals surface area contributed by atoms with Gasteiger partial charge in [-0.25, -0.2) is 0 Å². The molecule has 3 heteroatoms. The Morgan fingerprint density at radius 2 is 1.67 bits per heavy atom. The molecule has 0 radical (unpaired) electrons. The highest BCUT2D eigenvalue weighted by Gasteiger charge is 2.03. The van der Waals surface area contributed by atoms with E-state index >= 15 is 0 Å². The van der Waals surface area contributed by atoms with Crippen LogP contribution in [0.1, 0.15) is 0 Å². The zero-order chi connectivity index (χ0) is 16.6. The number of nitrogens with one attached hydrogen (secondary N) is 1. The third kappa shape index (κ3) is 4.02. The molecule has 0 atom stereocenters. The summed E-state index contributed by atoms with van der Waals surface area (Å²) in [7, 11) is 1.88. The average molecular weight is 315 g/mol. The van der Waals surface area contributed by atoms with E-state index in [2.05, 4.69) is 71.2 Å². The molecule has 2 aromatic carbocycles. The van der Waals surface area contributed by atoms with Gasteiger partial charge in [0.25, 0.3) is 0 Å². The minimum absolute atomic E-state index is 0.756. The van der Waals surface area contributed by atoms with E-state index in [-0.39, 0.29) is 0 Å². The molecule has 1 N–H and O–H groups in total. The summed E-state index contributed by atoms with van der Waals surface area (Å²) in [6, 6.07) is 19.0. The van der Waals surface area contributed by atoms with Gasteiger partial charge in [-0.15, -0.1) is 0 Å². The smallest absolute Gasteiger partial charge is 0.0593 e. The molecular weight excluding hydrogens is 294 g/mol. The number of rotatable bonds is 6. The van der Waals surface area contributed by atoms with Gasteiger partial charge in [-0.1, -0.05) is 60.7 Å². The number of benzene rings is 2. The third-order valence-electron chi connectivity index (χ3n) is 3.74. The zero-order valence-electron chi connectivity index (χ0n) is 13.8. The van der Waals surface area contributed by atoms with Gasteiger partial charge in [-0.05, 0) is 35.0 Å². The molecule has 3 nitrogen and oxygen atoms in total. The summed E-state index contributed by atoms with van der Waals surface area (Å²) in [6.45, 7) is 0.756. The second kappa shape index (κ2) is 7.97. The SMILES string of the molecule is CN/C=C\C=C/Cn1cc(-c2cccc(-c3ccccc3)c2)cn1. The molecule has 0 aliphatic carbocycles. The summed E-state index contributed by atoms with van der Waals surface area (Å²) < 4.78 is 1.94. The normalized spacial score (nSPS) is 11.4. The largest absolute Gasteiger partial charge is 0.394 e. The van der Waals surface area contributed by atoms with Crippen LogP contribution in [0, 0.1) is 0 Å². The molecule has 1 heterocycles. The van der Waals surface area contributed by atoms with Crippen LogP contribution >= 0.6 is 0 Å². The van der Waals surface area contributed by atoms with E-state index in [1.165, 1.54) is 16.7 Å². The van der Waals surface area contributed by atoms with Gasteiger partial charge < -0.3 is 5.32 Å². The van der Waals surface area contributed by atoms with Crippen molar-refractivity contribution in [2.75, 3.05) is 7.05 Å². The fourth-order valence-electron chi connectivity index (χ4n) is 2.52. The summed E-state index contributed by atoms with van der Waals surface area (Å²) in [5.41, 5.74) is 4.76. The lowest BCUT2D eigenvalue weighted by atomic mass is 10.0. The van der Waals surface area contributed by atoms with Crippen LogP contribution in [0.2, 0.25) is 0 Å². The molecule has 0 saturated heterocycles. The predicted molar refractivity (Wildman–Crippen MR) is 100 cm³/mol. The van der Waals surface area contributed by atoms with Crippen molar-refractivity contribution < 1.29 is 0 Å². The second-order valence-electron chi connectivity index (χ2n) is 5.47. The van der Waals surface area contributed by atoms with Gasteiger partial charge >= 0.3 is 0 Å². The van der Waals surface area contributed by atoms with Crippen molar-refractivity contribution in [1.82, 2.24) is 15.1 Å². The molecule has 0 fully saturated rings. The van der Waals surface area contributed by atoms with E-state index in [9.17, 15) is 0 Å². The summed E-state index contributed by atoms with van der Waals surface area (Å²) in [5, 5.41) is 7.39. The topological polar surface area (TPSA) is 29.9 Å². The second-order valence-corrected chi connectivity index (χ2v) is 5.47. The van der Waals surface area contributed by atoms with E-state index in [4.69, 9.17) is 0 Å². The van der Waals surface area contributed by atoms with Gasteiger partial charge in [0.2, 0.25) is 0 Å². The van der Waals surface area contributed by atoms with Crippen LogP contribution < -0.4 is 5.32 Å². The van der Waals surface area contributed by atoms with E-state index in [1.54, 1.807) is 0 Å². The van der Waals surface area contributed by atoms with Crippen LogP contribution in [0.4, 0.5) is 0 Å². The fraction of sp³-hybridized carbons (Fsp3) is 0.0952. The van der Waals surface area contributed by atoms with Crippen molar-refractivity contribution in [1.29, 1.82) is 0 Å². The zero-order valence-corrected chi connectivity index (χ0v) is 13.8. The minimum Gasteiger partial charge on any atom is -0.394 e. The van der Waals surface area contributed by atoms with Gasteiger partial charge in [0.1, 0.15) is 0 Å². The number of aromatic nitrogens is 2. The molecule has 120 valence electrons. The lowest BCUT2D eigenvalue weighted by molar-refractivity contribution is 0.702.